The Hall–Kier alpha value is -0.890. The first-order chi connectivity index (χ1) is 9.79. The molecule has 0 bridgehead atoms. The van der Waals surface area contributed by atoms with Gasteiger partial charge in [-0.3, -0.25) is 0 Å². The normalized spacial score (nSPS) is 31.6. The predicted molar refractivity (Wildman–Crippen MR) is 81.0 cm³/mol. The highest BCUT2D eigenvalue weighted by molar-refractivity contribution is 5.22. The smallest absolute Gasteiger partial charge is 0.127 e. The third-order valence-corrected chi connectivity index (χ3v) is 5.60. The summed E-state index contributed by atoms with van der Waals surface area (Å²) in [5.41, 5.74) is 0.856. The van der Waals surface area contributed by atoms with E-state index in [1.165, 1.54) is 44.9 Å². The molecule has 0 aromatic heterocycles. The number of nitrogens with one attached hydrogen (secondary N) is 1. The van der Waals surface area contributed by atoms with E-state index in [0.717, 1.165) is 17.4 Å². The molecule has 2 aliphatic rings. The van der Waals surface area contributed by atoms with E-state index in [1.54, 1.807) is 12.1 Å². The van der Waals surface area contributed by atoms with Gasteiger partial charge in [0.05, 0.1) is 0 Å². The predicted octanol–water partition coefficient (Wildman–Crippen LogP) is 4.69. The lowest BCUT2D eigenvalue weighted by Crippen LogP contribution is -2.34. The Morgan fingerprint density at radius 3 is 2.55 bits per heavy atom. The molecule has 0 saturated heterocycles. The van der Waals surface area contributed by atoms with Gasteiger partial charge in [-0.25, -0.2) is 4.39 Å². The number of fused-ring (bicyclic) bond motifs is 1. The Kier molecular flexibility index (Phi) is 4.40. The molecule has 0 radical (unpaired) electrons. The van der Waals surface area contributed by atoms with Gasteiger partial charge in [-0.1, -0.05) is 43.9 Å². The van der Waals surface area contributed by atoms with Crippen LogP contribution in [-0.4, -0.2) is 7.05 Å². The highest BCUT2D eigenvalue weighted by Crippen LogP contribution is 2.46. The van der Waals surface area contributed by atoms with Gasteiger partial charge < -0.3 is 5.32 Å². The van der Waals surface area contributed by atoms with Crippen molar-refractivity contribution >= 4 is 0 Å². The molecule has 2 saturated carbocycles. The summed E-state index contributed by atoms with van der Waals surface area (Å²) in [4.78, 5) is 0. The van der Waals surface area contributed by atoms with Crippen LogP contribution in [0.2, 0.25) is 0 Å². The minimum atomic E-state index is -0.0578. The first kappa shape index (κ1) is 14.1. The molecule has 0 spiro atoms. The summed E-state index contributed by atoms with van der Waals surface area (Å²) in [6.45, 7) is 0. The maximum absolute atomic E-state index is 14.1. The third-order valence-electron chi connectivity index (χ3n) is 5.60. The number of halogens is 1. The molecule has 2 aliphatic carbocycles. The van der Waals surface area contributed by atoms with Crippen LogP contribution >= 0.6 is 0 Å². The second-order valence-electron chi connectivity index (χ2n) is 6.67. The van der Waals surface area contributed by atoms with Gasteiger partial charge in [0.25, 0.3) is 0 Å². The lowest BCUT2D eigenvalue weighted by atomic mass is 9.65. The average Bonchev–Trinajstić information content (AvgIpc) is 2.50. The molecule has 4 unspecified atom stereocenters. The van der Waals surface area contributed by atoms with Crippen LogP contribution < -0.4 is 5.32 Å². The van der Waals surface area contributed by atoms with E-state index in [0.29, 0.717) is 5.92 Å². The number of hydrogen-bond donors (Lipinski definition) is 1. The molecule has 1 N–H and O–H groups in total. The first-order valence-corrected chi connectivity index (χ1v) is 8.21. The second kappa shape index (κ2) is 6.26. The molecule has 2 fully saturated rings. The van der Waals surface area contributed by atoms with E-state index in [9.17, 15) is 4.39 Å². The van der Waals surface area contributed by atoms with Crippen molar-refractivity contribution < 1.29 is 4.39 Å². The van der Waals surface area contributed by atoms with Crippen LogP contribution in [0.15, 0.2) is 24.3 Å². The molecule has 1 nitrogen and oxygen atoms in total. The lowest BCUT2D eigenvalue weighted by Gasteiger charge is -2.42. The lowest BCUT2D eigenvalue weighted by molar-refractivity contribution is 0.110. The minimum Gasteiger partial charge on any atom is -0.313 e. The molecule has 2 heteroatoms. The van der Waals surface area contributed by atoms with Crippen LogP contribution in [0.25, 0.3) is 0 Å². The first-order valence-electron chi connectivity index (χ1n) is 8.21. The zero-order valence-corrected chi connectivity index (χ0v) is 12.4. The summed E-state index contributed by atoms with van der Waals surface area (Å²) in [7, 11) is 1.98. The molecular formula is C18H26FN. The summed E-state index contributed by atoms with van der Waals surface area (Å²) in [5.74, 6) is 2.39. The highest BCUT2D eigenvalue weighted by atomic mass is 19.1. The molecule has 110 valence electrons. The summed E-state index contributed by atoms with van der Waals surface area (Å²) < 4.78 is 14.1. The summed E-state index contributed by atoms with van der Waals surface area (Å²) in [6, 6.07) is 7.45. The topological polar surface area (TPSA) is 12.0 Å². The monoisotopic (exact) mass is 275 g/mol. The Labute approximate surface area is 122 Å². The molecule has 3 rings (SSSR count). The molecule has 0 aliphatic heterocycles. The fourth-order valence-electron chi connectivity index (χ4n) is 4.58. The molecule has 20 heavy (non-hydrogen) atoms. The highest BCUT2D eigenvalue weighted by Gasteiger charge is 2.35. The second-order valence-corrected chi connectivity index (χ2v) is 6.67. The van der Waals surface area contributed by atoms with E-state index < -0.39 is 0 Å². The molecule has 0 heterocycles. The minimum absolute atomic E-state index is 0.0578. The van der Waals surface area contributed by atoms with Crippen LogP contribution in [0.5, 0.6) is 0 Å². The van der Waals surface area contributed by atoms with E-state index in [2.05, 4.69) is 5.32 Å². The van der Waals surface area contributed by atoms with Gasteiger partial charge in [-0.05, 0) is 50.1 Å². The maximum atomic E-state index is 14.1. The Morgan fingerprint density at radius 2 is 1.80 bits per heavy atom. The zero-order valence-electron chi connectivity index (χ0n) is 12.4. The van der Waals surface area contributed by atoms with Gasteiger partial charge in [-0.2, -0.15) is 0 Å². The molecule has 1 aromatic carbocycles. The molecule has 4 atom stereocenters. The van der Waals surface area contributed by atoms with Crippen molar-refractivity contribution in [3.63, 3.8) is 0 Å². The third kappa shape index (κ3) is 2.76. The van der Waals surface area contributed by atoms with Crippen LogP contribution in [-0.2, 0) is 0 Å². The van der Waals surface area contributed by atoms with E-state index in [-0.39, 0.29) is 11.9 Å². The van der Waals surface area contributed by atoms with Crippen molar-refractivity contribution in [2.24, 2.45) is 17.8 Å². The molecule has 0 amide bonds. The summed E-state index contributed by atoms with van der Waals surface area (Å²) in [6.07, 6.45) is 9.54. The van der Waals surface area contributed by atoms with Crippen LogP contribution in [0.1, 0.15) is 56.6 Å². The summed E-state index contributed by atoms with van der Waals surface area (Å²) >= 11 is 0. The van der Waals surface area contributed by atoms with Crippen molar-refractivity contribution in [2.45, 2.75) is 51.0 Å². The fourth-order valence-corrected chi connectivity index (χ4v) is 4.58. The molecule has 1 aromatic rings. The van der Waals surface area contributed by atoms with Gasteiger partial charge in [0.15, 0.2) is 0 Å². The van der Waals surface area contributed by atoms with Gasteiger partial charge in [0.1, 0.15) is 5.82 Å². The Balaban J connectivity index is 1.75. The van der Waals surface area contributed by atoms with Crippen LogP contribution in [0, 0.1) is 23.6 Å². The van der Waals surface area contributed by atoms with Crippen LogP contribution in [0.4, 0.5) is 4.39 Å². The van der Waals surface area contributed by atoms with Crippen molar-refractivity contribution in [3.05, 3.63) is 35.6 Å². The van der Waals surface area contributed by atoms with Crippen molar-refractivity contribution in [1.29, 1.82) is 0 Å². The SMILES string of the molecule is CNC(c1ccccc1F)C1CCC2CCCCC2C1. The van der Waals surface area contributed by atoms with E-state index in [4.69, 9.17) is 0 Å². The van der Waals surface area contributed by atoms with Crippen LogP contribution in [0.3, 0.4) is 0 Å². The van der Waals surface area contributed by atoms with E-state index in [1.807, 2.05) is 19.2 Å². The standard InChI is InChI=1S/C18H26FN/c1-20-18(16-8-4-5-9-17(16)19)15-11-10-13-6-2-3-7-14(13)12-15/h4-5,8-9,13-15,18,20H,2-3,6-7,10-12H2,1H3. The quantitative estimate of drug-likeness (QED) is 0.843. The largest absolute Gasteiger partial charge is 0.313 e. The zero-order chi connectivity index (χ0) is 13.9. The Morgan fingerprint density at radius 1 is 1.05 bits per heavy atom. The van der Waals surface area contributed by atoms with Gasteiger partial charge in [0, 0.05) is 11.6 Å². The van der Waals surface area contributed by atoms with Crippen molar-refractivity contribution in [3.8, 4) is 0 Å². The van der Waals surface area contributed by atoms with Gasteiger partial charge >= 0.3 is 0 Å². The van der Waals surface area contributed by atoms with Crippen molar-refractivity contribution in [2.75, 3.05) is 7.05 Å². The molecular weight excluding hydrogens is 249 g/mol. The van der Waals surface area contributed by atoms with Crippen molar-refractivity contribution in [1.82, 2.24) is 5.32 Å². The summed E-state index contributed by atoms with van der Waals surface area (Å²) in [5, 5.41) is 3.38. The van der Waals surface area contributed by atoms with E-state index >= 15 is 0 Å². The number of hydrogen-bond acceptors (Lipinski definition) is 1. The maximum Gasteiger partial charge on any atom is 0.127 e. The van der Waals surface area contributed by atoms with Gasteiger partial charge in [0.2, 0.25) is 0 Å². The Bertz CT molecular complexity index is 445. The fraction of sp³-hybridized carbons (Fsp3) is 0.667. The number of rotatable bonds is 3. The van der Waals surface area contributed by atoms with Gasteiger partial charge in [-0.15, -0.1) is 0 Å². The number of benzene rings is 1. The average molecular weight is 275 g/mol.